The van der Waals surface area contributed by atoms with Crippen LogP contribution in [-0.4, -0.2) is 50.9 Å². The minimum absolute atomic E-state index is 0.225. The molecule has 130 valence electrons. The van der Waals surface area contributed by atoms with E-state index >= 15 is 0 Å². The minimum atomic E-state index is -4.22. The highest BCUT2D eigenvalue weighted by Crippen LogP contribution is 2.26. The highest BCUT2D eigenvalue weighted by atomic mass is 35.5. The Labute approximate surface area is 137 Å². The first-order valence-corrected chi connectivity index (χ1v) is 7.23. The minimum Gasteiger partial charge on any atom is -0.497 e. The average Bonchev–Trinajstić information content (AvgIpc) is 2.44. The zero-order valence-corrected chi connectivity index (χ0v) is 13.6. The summed E-state index contributed by atoms with van der Waals surface area (Å²) in [6, 6.07) is 4.32. The summed E-state index contributed by atoms with van der Waals surface area (Å²) in [6.45, 7) is -0.495. The van der Waals surface area contributed by atoms with Gasteiger partial charge in [0, 0.05) is 12.6 Å². The smallest absolute Gasteiger partial charge is 0.401 e. The van der Waals surface area contributed by atoms with Crippen LogP contribution in [0.5, 0.6) is 5.75 Å². The molecule has 23 heavy (non-hydrogen) atoms. The fourth-order valence-corrected chi connectivity index (χ4v) is 2.04. The fraction of sp³-hybridized carbons (Fsp3) is 0.500. The van der Waals surface area contributed by atoms with E-state index in [1.165, 1.54) is 14.2 Å². The molecule has 0 radical (unpaired) electrons. The number of hydrogen-bond donors (Lipinski definition) is 2. The molecule has 0 saturated heterocycles. The molecule has 1 aromatic carbocycles. The van der Waals surface area contributed by atoms with Crippen molar-refractivity contribution < 1.29 is 22.7 Å². The summed E-state index contributed by atoms with van der Waals surface area (Å²) in [6.07, 6.45) is -3.82. The number of methoxy groups -OCH3 is 1. The van der Waals surface area contributed by atoms with Gasteiger partial charge in [-0.25, -0.2) is 4.79 Å². The molecule has 1 rings (SSSR count). The third-order valence-electron chi connectivity index (χ3n) is 2.88. The van der Waals surface area contributed by atoms with E-state index in [0.717, 1.165) is 4.90 Å². The molecule has 0 aliphatic rings. The van der Waals surface area contributed by atoms with Gasteiger partial charge in [0.05, 0.1) is 24.4 Å². The number of nitrogens with one attached hydrogen (secondary N) is 2. The summed E-state index contributed by atoms with van der Waals surface area (Å²) in [5.74, 6) is 0.564. The third-order valence-corrected chi connectivity index (χ3v) is 3.19. The van der Waals surface area contributed by atoms with E-state index in [1.54, 1.807) is 18.2 Å². The van der Waals surface area contributed by atoms with Gasteiger partial charge in [0.2, 0.25) is 0 Å². The van der Waals surface area contributed by atoms with Gasteiger partial charge in [-0.1, -0.05) is 11.6 Å². The number of anilines is 1. The second kappa shape index (κ2) is 8.83. The van der Waals surface area contributed by atoms with Gasteiger partial charge in [-0.2, -0.15) is 13.2 Å². The average molecular weight is 354 g/mol. The van der Waals surface area contributed by atoms with E-state index in [4.69, 9.17) is 16.3 Å². The third kappa shape index (κ3) is 7.94. The van der Waals surface area contributed by atoms with Gasteiger partial charge in [0.25, 0.3) is 0 Å². The van der Waals surface area contributed by atoms with Crippen LogP contribution in [0, 0.1) is 0 Å². The molecule has 5 nitrogen and oxygen atoms in total. The number of rotatable bonds is 7. The Bertz CT molecular complexity index is 526. The van der Waals surface area contributed by atoms with Gasteiger partial charge in [-0.3, -0.25) is 4.90 Å². The van der Waals surface area contributed by atoms with Gasteiger partial charge in [-0.05, 0) is 32.1 Å². The molecule has 0 heterocycles. The standard InChI is InChI=1S/C14H19ClF3N3O2/c1-21(9-14(16,17)18)7-3-6-19-13(22)20-12-5-4-10(23-2)8-11(12)15/h4-5,8H,3,6-7,9H2,1-2H3,(H2,19,20,22). The lowest BCUT2D eigenvalue weighted by molar-refractivity contribution is -0.143. The SMILES string of the molecule is COc1ccc(NC(=O)NCCCN(C)CC(F)(F)F)c(Cl)c1. The summed E-state index contributed by atoms with van der Waals surface area (Å²) in [5.41, 5.74) is 0.416. The van der Waals surface area contributed by atoms with Crippen molar-refractivity contribution in [3.63, 3.8) is 0 Å². The molecule has 0 fully saturated rings. The molecular weight excluding hydrogens is 335 g/mol. The molecule has 0 spiro atoms. The molecule has 2 N–H and O–H groups in total. The van der Waals surface area contributed by atoms with E-state index in [2.05, 4.69) is 10.6 Å². The summed E-state index contributed by atoms with van der Waals surface area (Å²) < 4.78 is 41.4. The number of halogens is 4. The Morgan fingerprint density at radius 1 is 1.39 bits per heavy atom. The zero-order chi connectivity index (χ0) is 17.5. The molecule has 0 saturated carbocycles. The lowest BCUT2D eigenvalue weighted by atomic mass is 10.3. The highest BCUT2D eigenvalue weighted by molar-refractivity contribution is 6.33. The number of carbonyl (C=O) groups excluding carboxylic acids is 1. The molecule has 0 unspecified atom stereocenters. The van der Waals surface area contributed by atoms with E-state index in [-0.39, 0.29) is 13.1 Å². The van der Waals surface area contributed by atoms with Gasteiger partial charge in [-0.15, -0.1) is 0 Å². The van der Waals surface area contributed by atoms with Crippen molar-refractivity contribution >= 4 is 23.3 Å². The number of carbonyl (C=O) groups is 1. The van der Waals surface area contributed by atoms with Crippen molar-refractivity contribution in [3.05, 3.63) is 23.2 Å². The maximum Gasteiger partial charge on any atom is 0.401 e. The number of benzene rings is 1. The number of nitrogens with zero attached hydrogens (tertiary/aromatic N) is 1. The number of urea groups is 1. The van der Waals surface area contributed by atoms with E-state index in [0.29, 0.717) is 22.9 Å². The van der Waals surface area contributed by atoms with Gasteiger partial charge in [0.1, 0.15) is 5.75 Å². The maximum atomic E-state index is 12.1. The number of hydrogen-bond acceptors (Lipinski definition) is 3. The first kappa shape index (κ1) is 19.4. The second-order valence-corrected chi connectivity index (χ2v) is 5.34. The molecule has 0 aromatic heterocycles. The van der Waals surface area contributed by atoms with Crippen molar-refractivity contribution in [1.29, 1.82) is 0 Å². The van der Waals surface area contributed by atoms with Crippen molar-refractivity contribution in [1.82, 2.24) is 10.2 Å². The second-order valence-electron chi connectivity index (χ2n) is 4.93. The maximum absolute atomic E-state index is 12.1. The Kier molecular flexibility index (Phi) is 7.44. The molecule has 2 amide bonds. The zero-order valence-electron chi connectivity index (χ0n) is 12.8. The van der Waals surface area contributed by atoms with Crippen LogP contribution >= 0.6 is 11.6 Å². The Morgan fingerprint density at radius 2 is 2.09 bits per heavy atom. The summed E-state index contributed by atoms with van der Waals surface area (Å²) in [4.78, 5) is 12.8. The summed E-state index contributed by atoms with van der Waals surface area (Å²) in [5, 5.41) is 5.44. The van der Waals surface area contributed by atoms with Gasteiger partial charge in [0.15, 0.2) is 0 Å². The van der Waals surface area contributed by atoms with E-state index in [1.807, 2.05) is 0 Å². The number of ether oxygens (including phenoxy) is 1. The normalized spacial score (nSPS) is 11.4. The van der Waals surface area contributed by atoms with Crippen LogP contribution in [0.2, 0.25) is 5.02 Å². The topological polar surface area (TPSA) is 53.6 Å². The lowest BCUT2D eigenvalue weighted by Crippen LogP contribution is -2.35. The molecule has 0 atom stereocenters. The Morgan fingerprint density at radius 3 is 2.65 bits per heavy atom. The summed E-state index contributed by atoms with van der Waals surface area (Å²) >= 11 is 5.98. The van der Waals surface area contributed by atoms with Gasteiger partial charge < -0.3 is 15.4 Å². The molecule has 0 aliphatic carbocycles. The van der Waals surface area contributed by atoms with Crippen LogP contribution in [0.3, 0.4) is 0 Å². The predicted molar refractivity (Wildman–Crippen MR) is 83.2 cm³/mol. The first-order chi connectivity index (χ1) is 10.7. The Balaban J connectivity index is 2.30. The lowest BCUT2D eigenvalue weighted by Gasteiger charge is -2.18. The van der Waals surface area contributed by atoms with Crippen molar-refractivity contribution in [2.75, 3.05) is 39.1 Å². The Hall–Kier alpha value is -1.67. The number of alkyl halides is 3. The number of amides is 2. The van der Waals surface area contributed by atoms with Crippen LogP contribution in [-0.2, 0) is 0 Å². The molecule has 0 aliphatic heterocycles. The highest BCUT2D eigenvalue weighted by Gasteiger charge is 2.28. The fourth-order valence-electron chi connectivity index (χ4n) is 1.83. The van der Waals surface area contributed by atoms with Gasteiger partial charge >= 0.3 is 12.2 Å². The quantitative estimate of drug-likeness (QED) is 0.739. The van der Waals surface area contributed by atoms with Crippen LogP contribution in [0.15, 0.2) is 18.2 Å². The van der Waals surface area contributed by atoms with E-state index in [9.17, 15) is 18.0 Å². The van der Waals surface area contributed by atoms with E-state index < -0.39 is 18.8 Å². The van der Waals surface area contributed by atoms with Crippen molar-refractivity contribution in [2.45, 2.75) is 12.6 Å². The largest absolute Gasteiger partial charge is 0.497 e. The van der Waals surface area contributed by atoms with Crippen LogP contribution in [0.1, 0.15) is 6.42 Å². The van der Waals surface area contributed by atoms with Crippen LogP contribution < -0.4 is 15.4 Å². The van der Waals surface area contributed by atoms with Crippen LogP contribution in [0.25, 0.3) is 0 Å². The monoisotopic (exact) mass is 353 g/mol. The van der Waals surface area contributed by atoms with Crippen LogP contribution in [0.4, 0.5) is 23.7 Å². The predicted octanol–water partition coefficient (Wildman–Crippen LogP) is 3.35. The van der Waals surface area contributed by atoms with Crippen molar-refractivity contribution in [3.8, 4) is 5.75 Å². The molecule has 1 aromatic rings. The molecular formula is C14H19ClF3N3O2. The molecule has 0 bridgehead atoms. The molecule has 9 heteroatoms. The summed E-state index contributed by atoms with van der Waals surface area (Å²) in [7, 11) is 2.88. The van der Waals surface area contributed by atoms with Crippen molar-refractivity contribution in [2.24, 2.45) is 0 Å². The first-order valence-electron chi connectivity index (χ1n) is 6.85.